The highest BCUT2D eigenvalue weighted by Gasteiger charge is 2.32. The molecule has 2 aliphatic rings. The molecule has 0 spiro atoms. The normalized spacial score (nSPS) is 27.0. The summed E-state index contributed by atoms with van der Waals surface area (Å²) in [6.45, 7) is 1.88. The Morgan fingerprint density at radius 1 is 1.23 bits per heavy atom. The first-order valence-corrected chi connectivity index (χ1v) is 10.6. The smallest absolute Gasteiger partial charge is 0.225 e. The Kier molecular flexibility index (Phi) is 5.17. The lowest BCUT2D eigenvalue weighted by atomic mass is 9.92. The van der Waals surface area contributed by atoms with E-state index in [-0.39, 0.29) is 12.2 Å². The molecule has 2 heterocycles. The molecule has 26 heavy (non-hydrogen) atoms. The minimum absolute atomic E-state index is 0.247. The zero-order valence-electron chi connectivity index (χ0n) is 15.9. The maximum Gasteiger partial charge on any atom is 0.225 e. The van der Waals surface area contributed by atoms with Crippen molar-refractivity contribution < 1.29 is 9.84 Å². The molecule has 2 aromatic heterocycles. The number of thiophene rings is 1. The molecule has 4 rings (SSSR count). The van der Waals surface area contributed by atoms with Crippen LogP contribution >= 0.6 is 11.3 Å². The van der Waals surface area contributed by atoms with E-state index >= 15 is 0 Å². The van der Waals surface area contributed by atoms with Gasteiger partial charge in [0.05, 0.1) is 11.5 Å². The van der Waals surface area contributed by atoms with Crippen LogP contribution in [0.2, 0.25) is 0 Å². The summed E-state index contributed by atoms with van der Waals surface area (Å²) in [5.41, 5.74) is 1.35. The van der Waals surface area contributed by atoms with Crippen molar-refractivity contribution in [3.63, 3.8) is 0 Å². The summed E-state index contributed by atoms with van der Waals surface area (Å²) in [5.74, 6) is 1.16. The van der Waals surface area contributed by atoms with Crippen LogP contribution < -0.4 is 4.74 Å². The van der Waals surface area contributed by atoms with Crippen molar-refractivity contribution in [2.75, 3.05) is 14.1 Å². The average Bonchev–Trinajstić information content (AvgIpc) is 3.15. The summed E-state index contributed by atoms with van der Waals surface area (Å²) in [6.07, 6.45) is 9.13. The lowest BCUT2D eigenvalue weighted by Gasteiger charge is -2.32. The monoisotopic (exact) mass is 375 g/mol. The molecule has 2 aromatic rings. The fraction of sp³-hybridized carbons (Fsp3) is 0.700. The Bertz CT molecular complexity index is 766. The molecule has 1 saturated carbocycles. The second-order valence-electron chi connectivity index (χ2n) is 8.13. The number of rotatable bonds is 5. The molecular formula is C20H29N3O2S. The average molecular weight is 376 g/mol. The molecule has 2 aliphatic carbocycles. The molecule has 1 fully saturated rings. The van der Waals surface area contributed by atoms with Gasteiger partial charge in [-0.05, 0) is 77.4 Å². The van der Waals surface area contributed by atoms with E-state index in [1.807, 2.05) is 6.92 Å². The van der Waals surface area contributed by atoms with E-state index in [1.54, 1.807) is 17.7 Å². The Morgan fingerprint density at radius 2 is 2.00 bits per heavy atom. The van der Waals surface area contributed by atoms with E-state index in [0.29, 0.717) is 12.0 Å². The van der Waals surface area contributed by atoms with Crippen LogP contribution in [0.1, 0.15) is 61.8 Å². The van der Waals surface area contributed by atoms with E-state index in [0.717, 1.165) is 48.2 Å². The first-order valence-electron chi connectivity index (χ1n) is 9.80. The van der Waals surface area contributed by atoms with Crippen molar-refractivity contribution in [1.29, 1.82) is 0 Å². The van der Waals surface area contributed by atoms with Crippen LogP contribution in [0.4, 0.5) is 0 Å². The molecule has 2 atom stereocenters. The minimum atomic E-state index is -0.281. The van der Waals surface area contributed by atoms with Crippen molar-refractivity contribution in [1.82, 2.24) is 14.9 Å². The van der Waals surface area contributed by atoms with E-state index in [4.69, 9.17) is 4.74 Å². The maximum atomic E-state index is 9.88. The third kappa shape index (κ3) is 3.47. The largest absolute Gasteiger partial charge is 0.474 e. The van der Waals surface area contributed by atoms with Gasteiger partial charge in [-0.2, -0.15) is 0 Å². The number of aliphatic hydroxyl groups is 1. The third-order valence-electron chi connectivity index (χ3n) is 5.97. The van der Waals surface area contributed by atoms with Gasteiger partial charge in [-0.3, -0.25) is 0 Å². The van der Waals surface area contributed by atoms with Crippen LogP contribution in [0.15, 0.2) is 6.33 Å². The van der Waals surface area contributed by atoms with Crippen molar-refractivity contribution in [2.45, 2.75) is 76.0 Å². The van der Waals surface area contributed by atoms with Crippen LogP contribution in [-0.2, 0) is 6.42 Å². The molecule has 0 bridgehead atoms. The van der Waals surface area contributed by atoms with Gasteiger partial charge in [0.25, 0.3) is 0 Å². The highest BCUT2D eigenvalue weighted by Crippen LogP contribution is 2.47. The number of ether oxygens (including phenoxy) is 1. The second-order valence-corrected chi connectivity index (χ2v) is 9.21. The van der Waals surface area contributed by atoms with Crippen LogP contribution in [0.5, 0.6) is 5.88 Å². The molecule has 0 amide bonds. The molecule has 0 radical (unpaired) electrons. The Balaban J connectivity index is 1.58. The summed E-state index contributed by atoms with van der Waals surface area (Å²) >= 11 is 1.78. The van der Waals surface area contributed by atoms with E-state index in [9.17, 15) is 5.11 Å². The van der Waals surface area contributed by atoms with Crippen LogP contribution in [0, 0.1) is 0 Å². The Morgan fingerprint density at radius 3 is 2.69 bits per heavy atom. The predicted octanol–water partition coefficient (Wildman–Crippen LogP) is 3.74. The quantitative estimate of drug-likeness (QED) is 0.863. The number of hydrogen-bond acceptors (Lipinski definition) is 6. The topological polar surface area (TPSA) is 58.5 Å². The van der Waals surface area contributed by atoms with Crippen molar-refractivity contribution in [3.8, 4) is 5.88 Å². The van der Waals surface area contributed by atoms with Crippen molar-refractivity contribution in [3.05, 3.63) is 16.8 Å². The summed E-state index contributed by atoms with van der Waals surface area (Å²) in [6, 6.07) is 0.668. The third-order valence-corrected chi connectivity index (χ3v) is 7.15. The molecule has 5 nitrogen and oxygen atoms in total. The molecule has 6 heteroatoms. The zero-order chi connectivity index (χ0) is 18.3. The molecule has 142 valence electrons. The van der Waals surface area contributed by atoms with E-state index in [2.05, 4.69) is 29.0 Å². The summed E-state index contributed by atoms with van der Waals surface area (Å²) in [7, 11) is 4.33. The Hall–Kier alpha value is -1.24. The fourth-order valence-corrected chi connectivity index (χ4v) is 5.85. The number of hydrogen-bond donors (Lipinski definition) is 1. The number of aryl methyl sites for hydroxylation is 1. The molecule has 2 unspecified atom stereocenters. The highest BCUT2D eigenvalue weighted by molar-refractivity contribution is 7.19. The first-order chi connectivity index (χ1) is 12.5. The Labute approximate surface area is 159 Å². The lowest BCUT2D eigenvalue weighted by molar-refractivity contribution is 0.108. The fourth-order valence-electron chi connectivity index (χ4n) is 4.61. The zero-order valence-corrected chi connectivity index (χ0v) is 16.8. The predicted molar refractivity (Wildman–Crippen MR) is 105 cm³/mol. The number of fused-ring (bicyclic) bond motifs is 3. The van der Waals surface area contributed by atoms with Gasteiger partial charge in [0.1, 0.15) is 17.3 Å². The van der Waals surface area contributed by atoms with Crippen molar-refractivity contribution in [2.24, 2.45) is 0 Å². The van der Waals surface area contributed by atoms with E-state index in [1.165, 1.54) is 23.3 Å². The van der Waals surface area contributed by atoms with Crippen molar-refractivity contribution >= 4 is 21.6 Å². The van der Waals surface area contributed by atoms with Gasteiger partial charge in [0.15, 0.2) is 0 Å². The van der Waals surface area contributed by atoms with Crippen LogP contribution in [0.3, 0.4) is 0 Å². The van der Waals surface area contributed by atoms with Gasteiger partial charge in [-0.25, -0.2) is 9.97 Å². The van der Waals surface area contributed by atoms with Crippen LogP contribution in [-0.4, -0.2) is 52.3 Å². The summed E-state index contributed by atoms with van der Waals surface area (Å²) in [5, 5.41) is 11.0. The summed E-state index contributed by atoms with van der Waals surface area (Å²) in [4.78, 5) is 13.8. The molecule has 0 aromatic carbocycles. The lowest BCUT2D eigenvalue weighted by Crippen LogP contribution is -2.35. The van der Waals surface area contributed by atoms with E-state index < -0.39 is 0 Å². The second kappa shape index (κ2) is 7.41. The maximum absolute atomic E-state index is 9.88. The van der Waals surface area contributed by atoms with Gasteiger partial charge in [-0.15, -0.1) is 11.3 Å². The minimum Gasteiger partial charge on any atom is -0.474 e. The molecule has 0 aliphatic heterocycles. The molecule has 0 saturated heterocycles. The van der Waals surface area contributed by atoms with Crippen LogP contribution in [0.25, 0.3) is 10.2 Å². The first kappa shape index (κ1) is 18.1. The van der Waals surface area contributed by atoms with Gasteiger partial charge in [-0.1, -0.05) is 0 Å². The summed E-state index contributed by atoms with van der Waals surface area (Å²) < 4.78 is 6.41. The molecule has 1 N–H and O–H groups in total. The number of aliphatic hydroxyl groups excluding tert-OH is 1. The van der Waals surface area contributed by atoms with Gasteiger partial charge in [0.2, 0.25) is 5.88 Å². The van der Waals surface area contributed by atoms with Gasteiger partial charge in [0, 0.05) is 10.9 Å². The highest BCUT2D eigenvalue weighted by atomic mass is 32.1. The number of nitrogens with zero attached hydrogens (tertiary/aromatic N) is 3. The van der Waals surface area contributed by atoms with Gasteiger partial charge < -0.3 is 14.7 Å². The SMILES string of the molecule is CC(O)CC1CCc2sc3ncnc(OC4CCC(N(C)C)CC4)c3c21. The standard InChI is InChI=1S/C20H29N3O2S/c1-12(24)10-13-4-9-16-17(13)18-19(21-11-22-20(18)26-16)25-15-7-5-14(6-8-15)23(2)3/h11-15,24H,4-10H2,1-3H3. The molecular weight excluding hydrogens is 346 g/mol. The number of aromatic nitrogens is 2. The van der Waals surface area contributed by atoms with Gasteiger partial charge >= 0.3 is 0 Å².